The number of piperidine rings is 1. The van der Waals surface area contributed by atoms with Crippen molar-refractivity contribution in [3.8, 4) is 5.75 Å². The number of carbonyl (C=O) groups is 1. The van der Waals surface area contributed by atoms with Crippen LogP contribution in [0.25, 0.3) is 10.9 Å². The van der Waals surface area contributed by atoms with E-state index in [2.05, 4.69) is 22.0 Å². The maximum atomic E-state index is 15.4. The predicted octanol–water partition coefficient (Wildman–Crippen LogP) is 5.97. The van der Waals surface area contributed by atoms with Crippen molar-refractivity contribution in [2.75, 3.05) is 26.7 Å². The molecule has 1 aromatic heterocycles. The molecule has 1 aliphatic heterocycles. The monoisotopic (exact) mass is 482 g/mol. The van der Waals surface area contributed by atoms with E-state index in [-0.39, 0.29) is 18.4 Å². The lowest BCUT2D eigenvalue weighted by Crippen LogP contribution is -2.44. The summed E-state index contributed by atoms with van der Waals surface area (Å²) >= 11 is 0. The van der Waals surface area contributed by atoms with E-state index >= 15 is 4.39 Å². The average molecular weight is 483 g/mol. The van der Waals surface area contributed by atoms with E-state index < -0.39 is 23.4 Å². The molecule has 3 aromatic rings. The normalized spacial score (nSPS) is 16.8. The molecule has 0 radical (unpaired) electrons. The highest BCUT2D eigenvalue weighted by Gasteiger charge is 2.41. The van der Waals surface area contributed by atoms with Gasteiger partial charge >= 0.3 is 5.97 Å². The molecule has 1 saturated heterocycles. The summed E-state index contributed by atoms with van der Waals surface area (Å²) in [7, 11) is 1.49. The van der Waals surface area contributed by atoms with Gasteiger partial charge in [-0.2, -0.15) is 0 Å². The molecular formula is C28H32F2N2O3. The fourth-order valence-corrected chi connectivity index (χ4v) is 5.09. The molecule has 7 heteroatoms. The van der Waals surface area contributed by atoms with Gasteiger partial charge in [-0.05, 0) is 81.9 Å². The van der Waals surface area contributed by atoms with Gasteiger partial charge < -0.3 is 14.7 Å². The second-order valence-corrected chi connectivity index (χ2v) is 9.43. The van der Waals surface area contributed by atoms with Gasteiger partial charge in [0.05, 0.1) is 24.2 Å². The Morgan fingerprint density at radius 2 is 1.94 bits per heavy atom. The molecule has 1 aliphatic rings. The number of fused-ring (bicyclic) bond motifs is 1. The van der Waals surface area contributed by atoms with Crippen LogP contribution in [0.3, 0.4) is 0 Å². The van der Waals surface area contributed by atoms with Gasteiger partial charge in [0.15, 0.2) is 0 Å². The SMILES string of the molecule is COc1ccc2ncc(F)c(C(F)CCC3(C(=O)O)CCN(CCCc4ccccc4)CC3)c2c1. The highest BCUT2D eigenvalue weighted by Crippen LogP contribution is 2.41. The Kier molecular flexibility index (Phi) is 7.96. The topological polar surface area (TPSA) is 62.7 Å². The molecule has 186 valence electrons. The van der Waals surface area contributed by atoms with Crippen molar-refractivity contribution in [2.45, 2.75) is 44.7 Å². The third-order valence-electron chi connectivity index (χ3n) is 7.31. The molecule has 2 aromatic carbocycles. The number of hydrogen-bond donors (Lipinski definition) is 1. The molecule has 1 unspecified atom stereocenters. The Morgan fingerprint density at radius 3 is 2.63 bits per heavy atom. The summed E-state index contributed by atoms with van der Waals surface area (Å²) in [5.41, 5.74) is 0.707. The van der Waals surface area contributed by atoms with Crippen LogP contribution in [0.1, 0.15) is 49.4 Å². The maximum Gasteiger partial charge on any atom is 0.309 e. The van der Waals surface area contributed by atoms with Crippen molar-refractivity contribution < 1.29 is 23.4 Å². The lowest BCUT2D eigenvalue weighted by Gasteiger charge is -2.39. The highest BCUT2D eigenvalue weighted by molar-refractivity contribution is 5.84. The number of pyridine rings is 1. The van der Waals surface area contributed by atoms with Crippen LogP contribution in [0.15, 0.2) is 54.7 Å². The zero-order valence-corrected chi connectivity index (χ0v) is 20.1. The zero-order chi connectivity index (χ0) is 24.8. The standard InChI is InChI=1S/C28H32F2N2O3/c1-35-21-9-10-25-22(18-21)26(24(30)19-31-25)23(29)11-12-28(27(33)34)13-16-32(17-14-28)15-5-8-20-6-3-2-4-7-20/h2-4,6-7,9-10,18-19,23H,5,8,11-17H2,1H3,(H,33,34). The lowest BCUT2D eigenvalue weighted by molar-refractivity contribution is -0.153. The van der Waals surface area contributed by atoms with Crippen LogP contribution in [0, 0.1) is 11.2 Å². The van der Waals surface area contributed by atoms with E-state index in [9.17, 15) is 14.3 Å². The Balaban J connectivity index is 1.38. The molecule has 5 nitrogen and oxygen atoms in total. The second kappa shape index (κ2) is 11.1. The number of aliphatic carboxylic acids is 1. The third-order valence-corrected chi connectivity index (χ3v) is 7.31. The molecule has 0 aliphatic carbocycles. The van der Waals surface area contributed by atoms with Gasteiger partial charge in [-0.15, -0.1) is 0 Å². The molecule has 0 saturated carbocycles. The van der Waals surface area contributed by atoms with Crippen molar-refractivity contribution in [3.05, 3.63) is 71.7 Å². The van der Waals surface area contributed by atoms with E-state index in [1.165, 1.54) is 12.7 Å². The number of nitrogens with zero attached hydrogens (tertiary/aromatic N) is 2. The second-order valence-electron chi connectivity index (χ2n) is 9.43. The predicted molar refractivity (Wildman–Crippen MR) is 132 cm³/mol. The number of ether oxygens (including phenoxy) is 1. The van der Waals surface area contributed by atoms with Crippen LogP contribution in [0.2, 0.25) is 0 Å². The minimum atomic E-state index is -1.63. The van der Waals surface area contributed by atoms with Gasteiger partial charge in [-0.1, -0.05) is 30.3 Å². The molecule has 2 heterocycles. The Hall–Kier alpha value is -3.06. The number of carboxylic acid groups (broad SMARTS) is 1. The summed E-state index contributed by atoms with van der Waals surface area (Å²) in [6.07, 6.45) is 2.42. The van der Waals surface area contributed by atoms with Gasteiger partial charge in [-0.3, -0.25) is 9.78 Å². The first kappa shape index (κ1) is 25.0. The van der Waals surface area contributed by atoms with Gasteiger partial charge in [0.25, 0.3) is 0 Å². The molecule has 0 amide bonds. The first-order valence-corrected chi connectivity index (χ1v) is 12.2. The first-order chi connectivity index (χ1) is 16.9. The molecule has 0 spiro atoms. The van der Waals surface area contributed by atoms with Gasteiger partial charge in [0.2, 0.25) is 0 Å². The summed E-state index contributed by atoms with van der Waals surface area (Å²) in [4.78, 5) is 18.6. The van der Waals surface area contributed by atoms with Crippen LogP contribution >= 0.6 is 0 Å². The fourth-order valence-electron chi connectivity index (χ4n) is 5.09. The number of likely N-dealkylation sites (tertiary alicyclic amines) is 1. The number of benzene rings is 2. The van der Waals surface area contributed by atoms with Crippen LogP contribution < -0.4 is 4.74 Å². The van der Waals surface area contributed by atoms with Crippen molar-refractivity contribution in [1.82, 2.24) is 9.88 Å². The van der Waals surface area contributed by atoms with Gasteiger partial charge in [-0.25, -0.2) is 8.78 Å². The average Bonchev–Trinajstić information content (AvgIpc) is 2.88. The maximum absolute atomic E-state index is 15.4. The largest absolute Gasteiger partial charge is 0.497 e. The van der Waals surface area contributed by atoms with Gasteiger partial charge in [0.1, 0.15) is 17.7 Å². The number of methoxy groups -OCH3 is 1. The Bertz CT molecular complexity index is 1150. The van der Waals surface area contributed by atoms with Gasteiger partial charge in [0, 0.05) is 10.9 Å². The number of rotatable bonds is 10. The quantitative estimate of drug-likeness (QED) is 0.386. The molecule has 0 bridgehead atoms. The molecule has 1 atom stereocenters. The highest BCUT2D eigenvalue weighted by atomic mass is 19.1. The summed E-state index contributed by atoms with van der Waals surface area (Å²) in [5, 5.41) is 10.4. The molecule has 1 N–H and O–H groups in total. The Morgan fingerprint density at radius 1 is 1.20 bits per heavy atom. The van der Waals surface area contributed by atoms with Crippen molar-refractivity contribution in [1.29, 1.82) is 0 Å². The minimum absolute atomic E-state index is 0.0620. The van der Waals surface area contributed by atoms with E-state index in [1.807, 2.05) is 18.2 Å². The van der Waals surface area contributed by atoms with E-state index in [0.717, 1.165) is 25.6 Å². The number of carboxylic acids is 1. The van der Waals surface area contributed by atoms with E-state index in [0.29, 0.717) is 42.6 Å². The van der Waals surface area contributed by atoms with Crippen molar-refractivity contribution in [2.24, 2.45) is 5.41 Å². The van der Waals surface area contributed by atoms with Crippen molar-refractivity contribution >= 4 is 16.9 Å². The number of alkyl halides is 1. The zero-order valence-electron chi connectivity index (χ0n) is 20.1. The van der Waals surface area contributed by atoms with E-state index in [1.54, 1.807) is 18.2 Å². The summed E-state index contributed by atoms with van der Waals surface area (Å²) in [5.74, 6) is -1.13. The molecule has 4 rings (SSSR count). The molecule has 1 fully saturated rings. The number of hydrogen-bond acceptors (Lipinski definition) is 4. The third kappa shape index (κ3) is 5.78. The lowest BCUT2D eigenvalue weighted by atomic mass is 9.74. The van der Waals surface area contributed by atoms with E-state index in [4.69, 9.17) is 4.74 Å². The van der Waals surface area contributed by atoms with Crippen molar-refractivity contribution in [3.63, 3.8) is 0 Å². The summed E-state index contributed by atoms with van der Waals surface area (Å²) in [6.45, 7) is 2.25. The fraction of sp³-hybridized carbons (Fsp3) is 0.429. The smallest absolute Gasteiger partial charge is 0.309 e. The number of aromatic nitrogens is 1. The van der Waals surface area contributed by atoms with Crippen LogP contribution in [-0.4, -0.2) is 47.7 Å². The molecular weight excluding hydrogens is 450 g/mol. The van der Waals surface area contributed by atoms with Crippen LogP contribution in [0.4, 0.5) is 8.78 Å². The number of halogens is 2. The Labute approximate surface area is 204 Å². The molecule has 35 heavy (non-hydrogen) atoms. The van der Waals surface area contributed by atoms with Crippen LogP contribution in [-0.2, 0) is 11.2 Å². The van der Waals surface area contributed by atoms with Crippen LogP contribution in [0.5, 0.6) is 5.75 Å². The summed E-state index contributed by atoms with van der Waals surface area (Å²) in [6, 6.07) is 15.2. The summed E-state index contributed by atoms with van der Waals surface area (Å²) < 4.78 is 35.3. The number of aryl methyl sites for hydroxylation is 1. The minimum Gasteiger partial charge on any atom is -0.497 e. The first-order valence-electron chi connectivity index (χ1n) is 12.2.